The zero-order chi connectivity index (χ0) is 16.3. The zero-order valence-electron chi connectivity index (χ0n) is 14.1. The fraction of sp³-hybridized carbons (Fsp3) is 0.688. The molecule has 7 heteroatoms. The van der Waals surface area contributed by atoms with Crippen LogP contribution in [0.2, 0.25) is 0 Å². The van der Waals surface area contributed by atoms with E-state index in [0.29, 0.717) is 31.8 Å². The summed E-state index contributed by atoms with van der Waals surface area (Å²) in [4.78, 5) is 26.8. The molecule has 0 aliphatic carbocycles. The Morgan fingerprint density at radius 3 is 2.70 bits per heavy atom. The van der Waals surface area contributed by atoms with Crippen LogP contribution in [0, 0.1) is 5.92 Å². The molecule has 2 heterocycles. The number of H-pyrrole nitrogens is 1. The van der Waals surface area contributed by atoms with Crippen LogP contribution in [-0.2, 0) is 12.8 Å². The van der Waals surface area contributed by atoms with Crippen molar-refractivity contribution in [3.63, 3.8) is 0 Å². The quantitative estimate of drug-likeness (QED) is 0.867. The van der Waals surface area contributed by atoms with Gasteiger partial charge in [-0.3, -0.25) is 9.59 Å². The summed E-state index contributed by atoms with van der Waals surface area (Å²) < 4.78 is 0. The second-order valence-corrected chi connectivity index (χ2v) is 6.07. The van der Waals surface area contributed by atoms with Gasteiger partial charge in [-0.15, -0.1) is 12.4 Å². The average Bonchev–Trinajstić information content (AvgIpc) is 2.53. The normalized spacial score (nSPS) is 19.1. The van der Waals surface area contributed by atoms with Gasteiger partial charge < -0.3 is 10.6 Å². The maximum absolute atomic E-state index is 12.9. The maximum atomic E-state index is 12.9. The summed E-state index contributed by atoms with van der Waals surface area (Å²) in [6.07, 6.45) is 3.30. The number of nitrogens with one attached hydrogen (secondary N) is 1. The number of carbonyl (C=O) groups excluding carboxylic acids is 1. The molecule has 6 nitrogen and oxygen atoms in total. The monoisotopic (exact) mass is 342 g/mol. The standard InChI is InChI=1S/C16H26N4O2.ClH/c1-4-12-13(5-2)18-19-15(21)14(12)16(22)20-8-6-7-11(9-20)10(3)17;/h10-11H,4-9,17H2,1-3H3,(H,19,21);1H. The zero-order valence-corrected chi connectivity index (χ0v) is 14.9. The van der Waals surface area contributed by atoms with Gasteiger partial charge >= 0.3 is 0 Å². The maximum Gasteiger partial charge on any atom is 0.277 e. The summed E-state index contributed by atoms with van der Waals surface area (Å²) in [6.45, 7) is 7.22. The van der Waals surface area contributed by atoms with Gasteiger partial charge in [-0.2, -0.15) is 5.10 Å². The number of hydrogen-bond acceptors (Lipinski definition) is 4. The lowest BCUT2D eigenvalue weighted by Gasteiger charge is -2.34. The molecule has 3 N–H and O–H groups in total. The van der Waals surface area contributed by atoms with Crippen molar-refractivity contribution in [3.8, 4) is 0 Å². The van der Waals surface area contributed by atoms with Crippen molar-refractivity contribution in [2.75, 3.05) is 13.1 Å². The minimum atomic E-state index is -0.387. The molecule has 2 rings (SSSR count). The Bertz CT molecular complexity index is 600. The van der Waals surface area contributed by atoms with Crippen LogP contribution in [0.25, 0.3) is 0 Å². The van der Waals surface area contributed by atoms with Gasteiger partial charge in [-0.05, 0) is 44.1 Å². The Labute approximate surface area is 143 Å². The van der Waals surface area contributed by atoms with E-state index in [1.54, 1.807) is 4.90 Å². The van der Waals surface area contributed by atoms with Gasteiger partial charge in [0.05, 0.1) is 5.69 Å². The molecule has 1 aromatic heterocycles. The van der Waals surface area contributed by atoms with E-state index in [1.807, 2.05) is 20.8 Å². The van der Waals surface area contributed by atoms with Crippen molar-refractivity contribution in [2.45, 2.75) is 52.5 Å². The van der Waals surface area contributed by atoms with Crippen molar-refractivity contribution in [1.82, 2.24) is 15.1 Å². The number of aromatic amines is 1. The van der Waals surface area contributed by atoms with Crippen LogP contribution in [0.4, 0.5) is 0 Å². The van der Waals surface area contributed by atoms with Gasteiger partial charge in [0.25, 0.3) is 11.5 Å². The van der Waals surface area contributed by atoms with Gasteiger partial charge in [-0.25, -0.2) is 5.10 Å². The third kappa shape index (κ3) is 4.12. The predicted molar refractivity (Wildman–Crippen MR) is 93.1 cm³/mol. The molecule has 0 aromatic carbocycles. The average molecular weight is 343 g/mol. The van der Waals surface area contributed by atoms with Crippen LogP contribution in [0.3, 0.4) is 0 Å². The molecule has 0 radical (unpaired) electrons. The van der Waals surface area contributed by atoms with Crippen LogP contribution in [0.5, 0.6) is 0 Å². The molecule has 1 aliphatic heterocycles. The number of carbonyl (C=O) groups is 1. The predicted octanol–water partition coefficient (Wildman–Crippen LogP) is 1.52. The topological polar surface area (TPSA) is 92.1 Å². The van der Waals surface area contributed by atoms with Crippen LogP contribution in [0.15, 0.2) is 4.79 Å². The molecule has 23 heavy (non-hydrogen) atoms. The van der Waals surface area contributed by atoms with Crippen molar-refractivity contribution >= 4 is 18.3 Å². The molecule has 0 bridgehead atoms. The van der Waals surface area contributed by atoms with Crippen LogP contribution < -0.4 is 11.3 Å². The van der Waals surface area contributed by atoms with Crippen LogP contribution >= 0.6 is 12.4 Å². The largest absolute Gasteiger partial charge is 0.338 e. The first-order chi connectivity index (χ1) is 10.5. The third-order valence-electron chi connectivity index (χ3n) is 4.56. The molecule has 2 atom stereocenters. The number of aryl methyl sites for hydroxylation is 1. The summed E-state index contributed by atoms with van der Waals surface area (Å²) in [6, 6.07) is 0.0585. The molecular weight excluding hydrogens is 316 g/mol. The second-order valence-electron chi connectivity index (χ2n) is 6.07. The number of aromatic nitrogens is 2. The van der Waals surface area contributed by atoms with E-state index >= 15 is 0 Å². The number of nitrogens with two attached hydrogens (primary N) is 1. The van der Waals surface area contributed by atoms with E-state index in [0.717, 1.165) is 24.1 Å². The Morgan fingerprint density at radius 1 is 1.43 bits per heavy atom. The van der Waals surface area contributed by atoms with E-state index in [-0.39, 0.29) is 35.5 Å². The third-order valence-corrected chi connectivity index (χ3v) is 4.56. The first-order valence-corrected chi connectivity index (χ1v) is 8.14. The molecule has 130 valence electrons. The van der Waals surface area contributed by atoms with Crippen molar-refractivity contribution in [3.05, 3.63) is 27.2 Å². The SMILES string of the molecule is CCc1n[nH]c(=O)c(C(=O)N2CCCC(C(C)N)C2)c1CC.Cl. The number of hydrogen-bond donors (Lipinski definition) is 2. The highest BCUT2D eigenvalue weighted by atomic mass is 35.5. The van der Waals surface area contributed by atoms with Crippen LogP contribution in [-0.4, -0.2) is 40.1 Å². The Kier molecular flexibility index (Phi) is 7.22. The molecule has 1 aromatic rings. The summed E-state index contributed by atoms with van der Waals surface area (Å²) in [5, 5.41) is 6.54. The van der Waals surface area contributed by atoms with Gasteiger partial charge in [0.15, 0.2) is 0 Å². The Balaban J connectivity index is 0.00000264. The number of piperidine rings is 1. The number of rotatable bonds is 4. The van der Waals surface area contributed by atoms with Gasteiger partial charge in [-0.1, -0.05) is 13.8 Å². The summed E-state index contributed by atoms with van der Waals surface area (Å²) in [5.41, 5.74) is 7.43. The minimum Gasteiger partial charge on any atom is -0.338 e. The molecule has 0 saturated carbocycles. The summed E-state index contributed by atoms with van der Waals surface area (Å²) in [5.74, 6) is 0.120. The molecule has 2 unspecified atom stereocenters. The highest BCUT2D eigenvalue weighted by Gasteiger charge is 2.29. The smallest absolute Gasteiger partial charge is 0.277 e. The first kappa shape index (κ1) is 19.6. The van der Waals surface area contributed by atoms with Crippen molar-refractivity contribution in [1.29, 1.82) is 0 Å². The lowest BCUT2D eigenvalue weighted by atomic mass is 9.91. The van der Waals surface area contributed by atoms with Crippen molar-refractivity contribution < 1.29 is 4.79 Å². The lowest BCUT2D eigenvalue weighted by molar-refractivity contribution is 0.0657. The highest BCUT2D eigenvalue weighted by molar-refractivity contribution is 5.95. The van der Waals surface area contributed by atoms with Gasteiger partial charge in [0.2, 0.25) is 0 Å². The molecule has 1 fully saturated rings. The molecule has 0 spiro atoms. The van der Waals surface area contributed by atoms with E-state index in [2.05, 4.69) is 10.2 Å². The van der Waals surface area contributed by atoms with E-state index in [9.17, 15) is 9.59 Å². The number of halogens is 1. The lowest BCUT2D eigenvalue weighted by Crippen LogP contribution is -2.46. The minimum absolute atomic E-state index is 0. The highest BCUT2D eigenvalue weighted by Crippen LogP contribution is 2.21. The first-order valence-electron chi connectivity index (χ1n) is 8.14. The Hall–Kier alpha value is -1.40. The summed E-state index contributed by atoms with van der Waals surface area (Å²) in [7, 11) is 0. The number of nitrogens with zero attached hydrogens (tertiary/aromatic N) is 2. The number of amides is 1. The van der Waals surface area contributed by atoms with Gasteiger partial charge in [0, 0.05) is 19.1 Å². The van der Waals surface area contributed by atoms with E-state index in [4.69, 9.17) is 5.73 Å². The van der Waals surface area contributed by atoms with E-state index in [1.165, 1.54) is 0 Å². The summed E-state index contributed by atoms with van der Waals surface area (Å²) >= 11 is 0. The fourth-order valence-corrected chi connectivity index (χ4v) is 3.20. The molecule has 1 aliphatic rings. The van der Waals surface area contributed by atoms with Crippen LogP contribution in [0.1, 0.15) is 55.2 Å². The molecule has 1 saturated heterocycles. The second kappa shape index (κ2) is 8.45. The fourth-order valence-electron chi connectivity index (χ4n) is 3.20. The molecule has 1 amide bonds. The molecular formula is C16H27ClN4O2. The van der Waals surface area contributed by atoms with Crippen molar-refractivity contribution in [2.24, 2.45) is 11.7 Å². The number of likely N-dealkylation sites (tertiary alicyclic amines) is 1. The van der Waals surface area contributed by atoms with Gasteiger partial charge in [0.1, 0.15) is 5.56 Å². The Morgan fingerprint density at radius 2 is 2.13 bits per heavy atom. The van der Waals surface area contributed by atoms with E-state index < -0.39 is 0 Å².